The monoisotopic (exact) mass is 218 g/mol. The van der Waals surface area contributed by atoms with Crippen molar-refractivity contribution in [2.24, 2.45) is 5.73 Å². The smallest absolute Gasteiger partial charge is 0.0657 e. The summed E-state index contributed by atoms with van der Waals surface area (Å²) in [4.78, 5) is 1.93. The lowest BCUT2D eigenvalue weighted by Crippen LogP contribution is -2.13. The molecule has 0 fully saturated rings. The van der Waals surface area contributed by atoms with Gasteiger partial charge in [0.05, 0.1) is 10.7 Å². The summed E-state index contributed by atoms with van der Waals surface area (Å²) < 4.78 is 0. The van der Waals surface area contributed by atoms with E-state index in [1.165, 1.54) is 0 Å². The second kappa shape index (κ2) is 4.18. The minimum absolute atomic E-state index is 0.438. The second-order valence-corrected chi connectivity index (χ2v) is 3.84. The van der Waals surface area contributed by atoms with E-state index in [1.807, 2.05) is 25.1 Å². The number of benzene rings is 1. The molecule has 0 saturated heterocycles. The van der Waals surface area contributed by atoms with Crippen LogP contribution in [-0.2, 0) is 6.54 Å². The minimum atomic E-state index is 0.438. The van der Waals surface area contributed by atoms with Crippen LogP contribution < -0.4 is 10.6 Å². The first-order valence-electron chi connectivity index (χ1n) is 3.91. The van der Waals surface area contributed by atoms with Gasteiger partial charge in [-0.2, -0.15) is 0 Å². The van der Waals surface area contributed by atoms with E-state index in [2.05, 4.69) is 0 Å². The van der Waals surface area contributed by atoms with Gasteiger partial charge >= 0.3 is 0 Å². The number of hydrogen-bond acceptors (Lipinski definition) is 2. The van der Waals surface area contributed by atoms with Crippen LogP contribution in [0.5, 0.6) is 0 Å². The Morgan fingerprint density at radius 1 is 1.31 bits per heavy atom. The Labute approximate surface area is 88.2 Å². The van der Waals surface area contributed by atoms with Crippen LogP contribution in [-0.4, -0.2) is 14.1 Å². The average Bonchev–Trinajstić information content (AvgIpc) is 2.01. The predicted octanol–water partition coefficient (Wildman–Crippen LogP) is 2.52. The first-order valence-corrected chi connectivity index (χ1v) is 4.67. The quantitative estimate of drug-likeness (QED) is 0.827. The Kier molecular flexibility index (Phi) is 3.42. The lowest BCUT2D eigenvalue weighted by molar-refractivity contribution is 1.03. The van der Waals surface area contributed by atoms with Gasteiger partial charge in [0.2, 0.25) is 0 Å². The maximum absolute atomic E-state index is 6.03. The van der Waals surface area contributed by atoms with Gasteiger partial charge in [-0.15, -0.1) is 0 Å². The Bertz CT molecular complexity index is 311. The zero-order valence-corrected chi connectivity index (χ0v) is 9.15. The van der Waals surface area contributed by atoms with Crippen molar-refractivity contribution in [2.75, 3.05) is 19.0 Å². The van der Waals surface area contributed by atoms with Gasteiger partial charge in [0.25, 0.3) is 0 Å². The van der Waals surface area contributed by atoms with Crippen LogP contribution in [0.15, 0.2) is 12.1 Å². The molecule has 72 valence electrons. The van der Waals surface area contributed by atoms with Crippen molar-refractivity contribution in [1.82, 2.24) is 0 Å². The van der Waals surface area contributed by atoms with Gasteiger partial charge in [0.1, 0.15) is 0 Å². The summed E-state index contributed by atoms with van der Waals surface area (Å²) in [7, 11) is 3.85. The zero-order chi connectivity index (χ0) is 10.0. The summed E-state index contributed by atoms with van der Waals surface area (Å²) in [6.45, 7) is 0.438. The Morgan fingerprint density at radius 3 is 2.38 bits per heavy atom. The fourth-order valence-electron chi connectivity index (χ4n) is 1.28. The van der Waals surface area contributed by atoms with Gasteiger partial charge in [-0.25, -0.2) is 0 Å². The first kappa shape index (κ1) is 10.6. The number of halogens is 2. The molecule has 0 spiro atoms. The number of hydrogen-bond donors (Lipinski definition) is 1. The van der Waals surface area contributed by atoms with E-state index in [9.17, 15) is 0 Å². The number of rotatable bonds is 2. The normalized spacial score (nSPS) is 10.2. The van der Waals surface area contributed by atoms with Gasteiger partial charge in [-0.05, 0) is 17.7 Å². The molecule has 0 aliphatic rings. The van der Waals surface area contributed by atoms with Crippen LogP contribution in [0.4, 0.5) is 5.69 Å². The second-order valence-electron chi connectivity index (χ2n) is 2.99. The molecule has 0 atom stereocenters. The van der Waals surface area contributed by atoms with Crippen molar-refractivity contribution in [3.8, 4) is 0 Å². The SMILES string of the molecule is CN(C)c1c(Cl)cc(Cl)cc1CN. The molecule has 0 radical (unpaired) electrons. The zero-order valence-electron chi connectivity index (χ0n) is 7.64. The van der Waals surface area contributed by atoms with E-state index in [1.54, 1.807) is 6.07 Å². The van der Waals surface area contributed by atoms with Gasteiger partial charge in [0, 0.05) is 25.7 Å². The maximum Gasteiger partial charge on any atom is 0.0657 e. The van der Waals surface area contributed by atoms with E-state index < -0.39 is 0 Å². The van der Waals surface area contributed by atoms with Crippen LogP contribution in [0.25, 0.3) is 0 Å². The van der Waals surface area contributed by atoms with E-state index in [-0.39, 0.29) is 0 Å². The highest BCUT2D eigenvalue weighted by atomic mass is 35.5. The van der Waals surface area contributed by atoms with Crippen molar-refractivity contribution in [1.29, 1.82) is 0 Å². The van der Waals surface area contributed by atoms with Crippen molar-refractivity contribution in [3.05, 3.63) is 27.7 Å². The molecular weight excluding hydrogens is 207 g/mol. The first-order chi connectivity index (χ1) is 6.06. The summed E-state index contributed by atoms with van der Waals surface area (Å²) in [6, 6.07) is 3.56. The minimum Gasteiger partial charge on any atom is -0.376 e. The summed E-state index contributed by atoms with van der Waals surface area (Å²) in [5.74, 6) is 0. The lowest BCUT2D eigenvalue weighted by atomic mass is 10.1. The fraction of sp³-hybridized carbons (Fsp3) is 0.333. The molecule has 0 bridgehead atoms. The van der Waals surface area contributed by atoms with Crippen LogP contribution in [0.2, 0.25) is 10.0 Å². The molecule has 2 N–H and O–H groups in total. The summed E-state index contributed by atoms with van der Waals surface area (Å²) in [5.41, 5.74) is 7.48. The molecular formula is C9H12Cl2N2. The van der Waals surface area contributed by atoms with Crippen LogP contribution in [0, 0.1) is 0 Å². The maximum atomic E-state index is 6.03. The van der Waals surface area contributed by atoms with Gasteiger partial charge in [-0.3, -0.25) is 0 Å². The number of anilines is 1. The molecule has 0 aromatic heterocycles. The molecule has 0 aliphatic heterocycles. The molecule has 13 heavy (non-hydrogen) atoms. The van der Waals surface area contributed by atoms with Crippen molar-refractivity contribution in [3.63, 3.8) is 0 Å². The third kappa shape index (κ3) is 2.27. The summed E-state index contributed by atoms with van der Waals surface area (Å²) in [5, 5.41) is 1.26. The van der Waals surface area contributed by atoms with Crippen LogP contribution in [0.3, 0.4) is 0 Å². The molecule has 1 aromatic rings. The van der Waals surface area contributed by atoms with E-state index in [0.29, 0.717) is 16.6 Å². The van der Waals surface area contributed by atoms with Gasteiger partial charge < -0.3 is 10.6 Å². The summed E-state index contributed by atoms with van der Waals surface area (Å²) >= 11 is 11.9. The molecule has 0 amide bonds. The summed E-state index contributed by atoms with van der Waals surface area (Å²) in [6.07, 6.45) is 0. The van der Waals surface area contributed by atoms with E-state index >= 15 is 0 Å². The molecule has 0 heterocycles. The molecule has 0 unspecified atom stereocenters. The highest BCUT2D eigenvalue weighted by molar-refractivity contribution is 6.36. The molecule has 0 saturated carbocycles. The highest BCUT2D eigenvalue weighted by Crippen LogP contribution is 2.31. The Morgan fingerprint density at radius 2 is 1.92 bits per heavy atom. The largest absolute Gasteiger partial charge is 0.376 e. The van der Waals surface area contributed by atoms with Gasteiger partial charge in [-0.1, -0.05) is 23.2 Å². The van der Waals surface area contributed by atoms with Gasteiger partial charge in [0.15, 0.2) is 0 Å². The molecule has 0 aliphatic carbocycles. The molecule has 1 rings (SSSR count). The Hall–Kier alpha value is -0.440. The van der Waals surface area contributed by atoms with E-state index in [4.69, 9.17) is 28.9 Å². The van der Waals surface area contributed by atoms with Crippen molar-refractivity contribution < 1.29 is 0 Å². The molecule has 2 nitrogen and oxygen atoms in total. The average molecular weight is 219 g/mol. The lowest BCUT2D eigenvalue weighted by Gasteiger charge is -2.18. The highest BCUT2D eigenvalue weighted by Gasteiger charge is 2.09. The molecule has 4 heteroatoms. The fourth-order valence-corrected chi connectivity index (χ4v) is 1.98. The standard InChI is InChI=1S/C9H12Cl2N2/c1-13(2)9-6(5-12)3-7(10)4-8(9)11/h3-4H,5,12H2,1-2H3. The third-order valence-corrected chi connectivity index (χ3v) is 2.28. The third-order valence-electron chi connectivity index (χ3n) is 1.77. The Balaban J connectivity index is 3.30. The van der Waals surface area contributed by atoms with E-state index in [0.717, 1.165) is 11.3 Å². The number of nitrogens with zero attached hydrogens (tertiary/aromatic N) is 1. The van der Waals surface area contributed by atoms with Crippen molar-refractivity contribution >= 4 is 28.9 Å². The predicted molar refractivity (Wildman–Crippen MR) is 58.7 cm³/mol. The number of nitrogens with two attached hydrogens (primary N) is 1. The van der Waals surface area contributed by atoms with Crippen LogP contribution in [0.1, 0.15) is 5.56 Å². The van der Waals surface area contributed by atoms with Crippen molar-refractivity contribution in [2.45, 2.75) is 6.54 Å². The molecule has 1 aromatic carbocycles. The topological polar surface area (TPSA) is 29.3 Å². The van der Waals surface area contributed by atoms with Crippen LogP contribution >= 0.6 is 23.2 Å².